The van der Waals surface area contributed by atoms with Gasteiger partial charge < -0.3 is 9.84 Å². The van der Waals surface area contributed by atoms with Crippen LogP contribution >= 0.6 is 0 Å². The third-order valence-corrected chi connectivity index (χ3v) is 4.17. The van der Waals surface area contributed by atoms with Crippen LogP contribution in [0, 0.1) is 0 Å². The first-order valence-corrected chi connectivity index (χ1v) is 8.59. The normalized spacial score (nSPS) is 12.1. The fourth-order valence-corrected chi connectivity index (χ4v) is 2.81. The third-order valence-electron chi connectivity index (χ3n) is 4.17. The molecule has 0 aliphatic rings. The summed E-state index contributed by atoms with van der Waals surface area (Å²) in [6.07, 6.45) is -0.238. The molecule has 0 radical (unpaired) electrons. The van der Waals surface area contributed by atoms with Crippen LogP contribution < -0.4 is 5.56 Å². The Hall–Kier alpha value is -2.76. The molecular weight excluding hydrogens is 328 g/mol. The topological polar surface area (TPSA) is 64.3 Å². The zero-order valence-electron chi connectivity index (χ0n) is 14.7. The summed E-state index contributed by atoms with van der Waals surface area (Å²) < 4.78 is 6.31. The minimum atomic E-state index is -0.689. The van der Waals surface area contributed by atoms with E-state index >= 15 is 0 Å². The van der Waals surface area contributed by atoms with Crippen LogP contribution in [-0.2, 0) is 11.3 Å². The van der Waals surface area contributed by atoms with E-state index in [1.807, 2.05) is 60.7 Å². The van der Waals surface area contributed by atoms with Crippen molar-refractivity contribution in [3.05, 3.63) is 77.1 Å². The second-order valence-electron chi connectivity index (χ2n) is 6.09. The molecule has 26 heavy (non-hydrogen) atoms. The Kier molecular flexibility index (Phi) is 5.94. The lowest BCUT2D eigenvalue weighted by Gasteiger charge is -2.15. The van der Waals surface area contributed by atoms with Gasteiger partial charge in [0.25, 0.3) is 5.56 Å². The van der Waals surface area contributed by atoms with Crippen molar-refractivity contribution in [2.24, 2.45) is 0 Å². The highest BCUT2D eigenvalue weighted by molar-refractivity contribution is 5.80. The van der Waals surface area contributed by atoms with Crippen LogP contribution in [0.5, 0.6) is 0 Å². The van der Waals surface area contributed by atoms with Crippen LogP contribution in [0.3, 0.4) is 0 Å². The molecule has 1 aromatic heterocycles. The van der Waals surface area contributed by atoms with E-state index in [1.54, 1.807) is 13.2 Å². The van der Waals surface area contributed by atoms with Crippen molar-refractivity contribution in [1.82, 2.24) is 9.78 Å². The summed E-state index contributed by atoms with van der Waals surface area (Å²) in [5.41, 5.74) is 3.12. The van der Waals surface area contributed by atoms with Gasteiger partial charge in [-0.2, -0.15) is 5.10 Å². The molecular formula is C21H22N2O3. The van der Waals surface area contributed by atoms with Gasteiger partial charge in [0, 0.05) is 30.9 Å². The number of aliphatic hydroxyl groups excluding tert-OH is 1. The number of hydrogen-bond acceptors (Lipinski definition) is 4. The zero-order chi connectivity index (χ0) is 18.4. The molecule has 2 aromatic carbocycles. The van der Waals surface area contributed by atoms with E-state index in [0.29, 0.717) is 13.0 Å². The first-order chi connectivity index (χ1) is 12.7. The van der Waals surface area contributed by atoms with E-state index in [1.165, 1.54) is 4.68 Å². The Morgan fingerprint density at radius 1 is 1.04 bits per heavy atom. The highest BCUT2D eigenvalue weighted by atomic mass is 16.5. The maximum atomic E-state index is 12.6. The lowest BCUT2D eigenvalue weighted by molar-refractivity contribution is 0.0940. The Morgan fingerprint density at radius 2 is 1.65 bits per heavy atom. The van der Waals surface area contributed by atoms with E-state index in [9.17, 15) is 9.90 Å². The van der Waals surface area contributed by atoms with Gasteiger partial charge in [-0.05, 0) is 12.0 Å². The third kappa shape index (κ3) is 4.25. The number of benzene rings is 2. The van der Waals surface area contributed by atoms with E-state index in [-0.39, 0.29) is 12.1 Å². The van der Waals surface area contributed by atoms with Crippen LogP contribution in [0.25, 0.3) is 22.4 Å². The predicted octanol–water partition coefficient (Wildman–Crippen LogP) is 2.97. The first-order valence-electron chi connectivity index (χ1n) is 8.59. The number of hydrogen-bond donors (Lipinski definition) is 1. The van der Waals surface area contributed by atoms with Crippen LogP contribution in [0.4, 0.5) is 0 Å². The Morgan fingerprint density at radius 3 is 2.27 bits per heavy atom. The number of aromatic nitrogens is 2. The molecule has 0 aliphatic carbocycles. The van der Waals surface area contributed by atoms with Crippen LogP contribution in [0.2, 0.25) is 0 Å². The van der Waals surface area contributed by atoms with Crippen LogP contribution in [0.15, 0.2) is 71.5 Å². The summed E-state index contributed by atoms with van der Waals surface area (Å²) in [7, 11) is 1.58. The maximum Gasteiger partial charge on any atom is 0.267 e. The fraction of sp³-hybridized carbons (Fsp3) is 0.238. The summed E-state index contributed by atoms with van der Waals surface area (Å²) >= 11 is 0. The Bertz CT molecular complexity index is 892. The van der Waals surface area contributed by atoms with Gasteiger partial charge in [0.15, 0.2) is 0 Å². The molecule has 5 heteroatoms. The summed E-state index contributed by atoms with van der Waals surface area (Å²) in [6, 6.07) is 21.1. The van der Waals surface area contributed by atoms with Crippen LogP contribution in [-0.4, -0.2) is 34.7 Å². The minimum Gasteiger partial charge on any atom is -0.391 e. The molecule has 5 nitrogen and oxygen atoms in total. The van der Waals surface area contributed by atoms with Crippen molar-refractivity contribution in [1.29, 1.82) is 0 Å². The van der Waals surface area contributed by atoms with Gasteiger partial charge in [-0.25, -0.2) is 4.68 Å². The highest BCUT2D eigenvalue weighted by Gasteiger charge is 2.14. The second-order valence-corrected chi connectivity index (χ2v) is 6.09. The molecule has 0 saturated heterocycles. The van der Waals surface area contributed by atoms with Gasteiger partial charge in [0.05, 0.1) is 18.3 Å². The van der Waals surface area contributed by atoms with Crippen molar-refractivity contribution >= 4 is 0 Å². The first kappa shape index (κ1) is 18.0. The van der Waals surface area contributed by atoms with Crippen molar-refractivity contribution in [3.63, 3.8) is 0 Å². The van der Waals surface area contributed by atoms with E-state index in [4.69, 9.17) is 4.74 Å². The Balaban J connectivity index is 2.06. The number of ether oxygens (including phenoxy) is 1. The number of nitrogens with zero attached hydrogens (tertiary/aromatic N) is 2. The standard InChI is InChI=1S/C21H22N2O3/c1-26-13-12-18(24)15-23-20(25)14-19(16-8-4-2-5-9-16)21(22-23)17-10-6-3-7-11-17/h2-11,14,18,24H,12-13,15H2,1H3. The number of rotatable bonds is 7. The quantitative estimate of drug-likeness (QED) is 0.711. The van der Waals surface area contributed by atoms with Gasteiger partial charge in [-0.3, -0.25) is 4.79 Å². The number of methoxy groups -OCH3 is 1. The van der Waals surface area contributed by atoms with Crippen molar-refractivity contribution in [2.45, 2.75) is 19.1 Å². The molecule has 0 bridgehead atoms. The average molecular weight is 350 g/mol. The van der Waals surface area contributed by atoms with Crippen molar-refractivity contribution in [2.75, 3.05) is 13.7 Å². The van der Waals surface area contributed by atoms with E-state index in [0.717, 1.165) is 22.4 Å². The molecule has 1 atom stereocenters. The van der Waals surface area contributed by atoms with Crippen LogP contribution in [0.1, 0.15) is 6.42 Å². The molecule has 0 fully saturated rings. The zero-order valence-corrected chi connectivity index (χ0v) is 14.7. The molecule has 0 amide bonds. The molecule has 3 aromatic rings. The fourth-order valence-electron chi connectivity index (χ4n) is 2.81. The molecule has 0 saturated carbocycles. The second kappa shape index (κ2) is 8.56. The molecule has 1 heterocycles. The van der Waals surface area contributed by atoms with Gasteiger partial charge in [0.1, 0.15) is 0 Å². The summed E-state index contributed by atoms with van der Waals surface area (Å²) in [5, 5.41) is 14.7. The predicted molar refractivity (Wildman–Crippen MR) is 102 cm³/mol. The van der Waals surface area contributed by atoms with Gasteiger partial charge in [-0.1, -0.05) is 60.7 Å². The summed E-state index contributed by atoms with van der Waals surface area (Å²) in [5.74, 6) is 0. The van der Waals surface area contributed by atoms with Crippen molar-refractivity contribution < 1.29 is 9.84 Å². The smallest absolute Gasteiger partial charge is 0.267 e. The van der Waals surface area contributed by atoms with Gasteiger partial charge in [0.2, 0.25) is 0 Å². The van der Waals surface area contributed by atoms with E-state index < -0.39 is 6.10 Å². The lowest BCUT2D eigenvalue weighted by atomic mass is 10.0. The molecule has 0 spiro atoms. The van der Waals surface area contributed by atoms with Gasteiger partial charge in [-0.15, -0.1) is 0 Å². The van der Waals surface area contributed by atoms with E-state index in [2.05, 4.69) is 5.10 Å². The minimum absolute atomic E-state index is 0.136. The SMILES string of the molecule is COCCC(O)Cn1nc(-c2ccccc2)c(-c2ccccc2)cc1=O. The maximum absolute atomic E-state index is 12.6. The molecule has 134 valence electrons. The average Bonchev–Trinajstić information content (AvgIpc) is 2.69. The number of aliphatic hydroxyl groups is 1. The molecule has 1 N–H and O–H groups in total. The van der Waals surface area contributed by atoms with Gasteiger partial charge >= 0.3 is 0 Å². The summed E-state index contributed by atoms with van der Waals surface area (Å²) in [6.45, 7) is 0.570. The molecule has 1 unspecified atom stereocenters. The largest absolute Gasteiger partial charge is 0.391 e. The van der Waals surface area contributed by atoms with Crippen molar-refractivity contribution in [3.8, 4) is 22.4 Å². The molecule has 3 rings (SSSR count). The lowest BCUT2D eigenvalue weighted by Crippen LogP contribution is -2.29. The highest BCUT2D eigenvalue weighted by Crippen LogP contribution is 2.28. The molecule has 0 aliphatic heterocycles. The Labute approximate surface area is 152 Å². The summed E-state index contributed by atoms with van der Waals surface area (Å²) in [4.78, 5) is 12.6. The monoisotopic (exact) mass is 350 g/mol.